The van der Waals surface area contributed by atoms with Crippen LogP contribution < -0.4 is 5.32 Å². The Hall–Kier alpha value is -0.630. The molecule has 0 radical (unpaired) electrons. The summed E-state index contributed by atoms with van der Waals surface area (Å²) in [5.74, 6) is 0. The normalized spacial score (nSPS) is 30.0. The fraction of sp³-hybridized carbons (Fsp3) is 0.667. The summed E-state index contributed by atoms with van der Waals surface area (Å²) in [6, 6.07) is 0. The Morgan fingerprint density at radius 3 is 2.64 bits per heavy atom. The summed E-state index contributed by atoms with van der Waals surface area (Å²) < 4.78 is 0. The van der Waals surface area contributed by atoms with E-state index in [9.17, 15) is 4.79 Å². The van der Waals surface area contributed by atoms with Crippen molar-refractivity contribution in [1.29, 1.82) is 0 Å². The maximum atomic E-state index is 10.8. The van der Waals surface area contributed by atoms with Crippen LogP contribution in [-0.4, -0.2) is 18.4 Å². The smallest absolute Gasteiger partial charge is 0.143 e. The quantitative estimate of drug-likeness (QED) is 0.478. The van der Waals surface area contributed by atoms with Gasteiger partial charge in [0, 0.05) is 0 Å². The molecule has 0 unspecified atom stereocenters. The molecule has 2 heteroatoms. The molecule has 1 aliphatic rings. The summed E-state index contributed by atoms with van der Waals surface area (Å²) in [6.45, 7) is 5.00. The van der Waals surface area contributed by atoms with Crippen LogP contribution in [0.4, 0.5) is 0 Å². The van der Waals surface area contributed by atoms with Crippen molar-refractivity contribution in [2.75, 3.05) is 6.54 Å². The molecule has 1 aliphatic heterocycles. The lowest BCUT2D eigenvalue weighted by Crippen LogP contribution is -2.39. The van der Waals surface area contributed by atoms with Crippen LogP contribution in [0, 0.1) is 0 Å². The van der Waals surface area contributed by atoms with E-state index in [1.807, 2.05) is 19.9 Å². The Morgan fingerprint density at radius 2 is 2.27 bits per heavy atom. The van der Waals surface area contributed by atoms with E-state index in [1.165, 1.54) is 5.57 Å². The lowest BCUT2D eigenvalue weighted by molar-refractivity contribution is -0.111. The molecular weight excluding hydrogens is 138 g/mol. The van der Waals surface area contributed by atoms with Crippen LogP contribution in [0.1, 0.15) is 26.7 Å². The minimum atomic E-state index is -0.334. The Labute approximate surface area is 67.7 Å². The first kappa shape index (κ1) is 8.47. The first-order valence-corrected chi connectivity index (χ1v) is 4.06. The molecule has 1 heterocycles. The molecule has 0 amide bonds. The van der Waals surface area contributed by atoms with Gasteiger partial charge in [-0.3, -0.25) is 0 Å². The zero-order chi connectivity index (χ0) is 8.32. The number of hydrogen-bond acceptors (Lipinski definition) is 2. The number of rotatable bonds is 2. The van der Waals surface area contributed by atoms with E-state index < -0.39 is 0 Å². The minimum Gasteiger partial charge on any atom is -0.302 e. The van der Waals surface area contributed by atoms with E-state index in [-0.39, 0.29) is 5.54 Å². The van der Waals surface area contributed by atoms with Crippen molar-refractivity contribution in [3.8, 4) is 0 Å². The van der Waals surface area contributed by atoms with Crippen LogP contribution in [0.2, 0.25) is 0 Å². The Morgan fingerprint density at radius 1 is 1.55 bits per heavy atom. The fourth-order valence-electron chi connectivity index (χ4n) is 1.56. The molecule has 0 aromatic heterocycles. The van der Waals surface area contributed by atoms with E-state index in [4.69, 9.17) is 0 Å². The maximum absolute atomic E-state index is 10.8. The summed E-state index contributed by atoms with van der Waals surface area (Å²) in [5.41, 5.74) is 0.866. The van der Waals surface area contributed by atoms with Gasteiger partial charge in [-0.2, -0.15) is 0 Å². The topological polar surface area (TPSA) is 29.1 Å². The number of allylic oxidation sites excluding steroid dienone is 1. The zero-order valence-electron chi connectivity index (χ0n) is 7.18. The molecule has 11 heavy (non-hydrogen) atoms. The average molecular weight is 153 g/mol. The van der Waals surface area contributed by atoms with E-state index >= 15 is 0 Å². The molecular formula is C9H15NO. The summed E-state index contributed by atoms with van der Waals surface area (Å²) in [6.07, 6.45) is 5.09. The lowest BCUT2D eigenvalue weighted by atomic mass is 9.97. The van der Waals surface area contributed by atoms with E-state index in [0.29, 0.717) is 0 Å². The van der Waals surface area contributed by atoms with Crippen LogP contribution in [-0.2, 0) is 4.79 Å². The monoisotopic (exact) mass is 153 g/mol. The molecule has 0 aromatic rings. The molecule has 0 aliphatic carbocycles. The third kappa shape index (κ3) is 1.90. The molecule has 0 saturated carbocycles. The van der Waals surface area contributed by atoms with E-state index in [0.717, 1.165) is 25.7 Å². The van der Waals surface area contributed by atoms with Crippen molar-refractivity contribution in [2.24, 2.45) is 0 Å². The van der Waals surface area contributed by atoms with Crippen molar-refractivity contribution in [3.63, 3.8) is 0 Å². The molecule has 0 bridgehead atoms. The van der Waals surface area contributed by atoms with Crippen molar-refractivity contribution in [1.82, 2.24) is 5.32 Å². The summed E-state index contributed by atoms with van der Waals surface area (Å²) in [4.78, 5) is 10.8. The van der Waals surface area contributed by atoms with Gasteiger partial charge in [-0.15, -0.1) is 0 Å². The molecule has 62 valence electrons. The predicted octanol–water partition coefficient (Wildman–Crippen LogP) is 1.27. The zero-order valence-corrected chi connectivity index (χ0v) is 7.18. The van der Waals surface area contributed by atoms with Crippen LogP contribution in [0.5, 0.6) is 0 Å². The summed E-state index contributed by atoms with van der Waals surface area (Å²) in [5, 5.41) is 3.21. The van der Waals surface area contributed by atoms with Crippen molar-refractivity contribution < 1.29 is 4.79 Å². The molecule has 1 saturated heterocycles. The van der Waals surface area contributed by atoms with Gasteiger partial charge in [-0.1, -0.05) is 11.6 Å². The molecule has 1 rings (SSSR count). The van der Waals surface area contributed by atoms with E-state index in [1.54, 1.807) is 0 Å². The number of carbonyl (C=O) groups is 1. The van der Waals surface area contributed by atoms with Gasteiger partial charge in [0.05, 0.1) is 5.54 Å². The second-order valence-corrected chi connectivity index (χ2v) is 3.41. The number of nitrogens with one attached hydrogen (secondary N) is 1. The molecule has 1 fully saturated rings. The highest BCUT2D eigenvalue weighted by atomic mass is 16.1. The Kier molecular flexibility index (Phi) is 2.45. The number of carbonyl (C=O) groups excluding carboxylic acids is 1. The third-order valence-corrected chi connectivity index (χ3v) is 1.98. The van der Waals surface area contributed by atoms with E-state index in [2.05, 4.69) is 5.32 Å². The Bertz CT molecular complexity index is 174. The van der Waals surface area contributed by atoms with Gasteiger partial charge in [0.25, 0.3) is 0 Å². The number of aldehydes is 1. The van der Waals surface area contributed by atoms with Crippen LogP contribution in [0.15, 0.2) is 11.6 Å². The highest BCUT2D eigenvalue weighted by Gasteiger charge is 2.29. The molecule has 1 atom stereocenters. The molecule has 0 spiro atoms. The highest BCUT2D eigenvalue weighted by Crippen LogP contribution is 2.19. The SMILES string of the molecule is CC(C)=C[C@]1(C=O)CCCN1. The second-order valence-electron chi connectivity index (χ2n) is 3.41. The van der Waals surface area contributed by atoms with Gasteiger partial charge in [0.2, 0.25) is 0 Å². The highest BCUT2D eigenvalue weighted by molar-refractivity contribution is 5.68. The number of hydrogen-bond donors (Lipinski definition) is 1. The van der Waals surface area contributed by atoms with Gasteiger partial charge >= 0.3 is 0 Å². The van der Waals surface area contributed by atoms with Crippen LogP contribution in [0.25, 0.3) is 0 Å². The fourth-order valence-corrected chi connectivity index (χ4v) is 1.56. The first-order chi connectivity index (χ1) is 5.18. The predicted molar refractivity (Wildman–Crippen MR) is 45.5 cm³/mol. The average Bonchev–Trinajstić information content (AvgIpc) is 2.36. The first-order valence-electron chi connectivity index (χ1n) is 4.06. The summed E-state index contributed by atoms with van der Waals surface area (Å²) in [7, 11) is 0. The largest absolute Gasteiger partial charge is 0.302 e. The maximum Gasteiger partial charge on any atom is 0.143 e. The lowest BCUT2D eigenvalue weighted by Gasteiger charge is -2.18. The second kappa shape index (κ2) is 3.18. The van der Waals surface area contributed by atoms with Gasteiger partial charge in [-0.25, -0.2) is 0 Å². The third-order valence-electron chi connectivity index (χ3n) is 1.98. The van der Waals surface area contributed by atoms with Crippen molar-refractivity contribution in [3.05, 3.63) is 11.6 Å². The molecule has 0 aromatic carbocycles. The standard InChI is InChI=1S/C9H15NO/c1-8(2)6-9(7-11)4-3-5-10-9/h6-7,10H,3-5H2,1-2H3/t9-/m0/s1. The molecule has 2 nitrogen and oxygen atoms in total. The Balaban J connectivity index is 2.75. The summed E-state index contributed by atoms with van der Waals surface area (Å²) >= 11 is 0. The van der Waals surface area contributed by atoms with Gasteiger partial charge in [0.1, 0.15) is 6.29 Å². The van der Waals surface area contributed by atoms with Gasteiger partial charge in [-0.05, 0) is 33.2 Å². The minimum absolute atomic E-state index is 0.334. The van der Waals surface area contributed by atoms with Gasteiger partial charge < -0.3 is 10.1 Å². The van der Waals surface area contributed by atoms with Crippen LogP contribution in [0.3, 0.4) is 0 Å². The van der Waals surface area contributed by atoms with Gasteiger partial charge in [0.15, 0.2) is 0 Å². The van der Waals surface area contributed by atoms with Crippen molar-refractivity contribution in [2.45, 2.75) is 32.2 Å². The van der Waals surface area contributed by atoms with Crippen molar-refractivity contribution >= 4 is 6.29 Å². The van der Waals surface area contributed by atoms with Crippen LogP contribution >= 0.6 is 0 Å². The molecule has 1 N–H and O–H groups in total.